The van der Waals surface area contributed by atoms with Gasteiger partial charge in [-0.1, -0.05) is 12.1 Å². The largest absolute Gasteiger partial charge is 0.496 e. The molecule has 0 aliphatic carbocycles. The fraction of sp³-hybridized carbons (Fsp3) is 0.556. The number of rotatable bonds is 5. The Kier molecular flexibility index (Phi) is 6.10. The van der Waals surface area contributed by atoms with Gasteiger partial charge in [0.05, 0.1) is 18.1 Å². The maximum Gasteiger partial charge on any atom is 0.255 e. The van der Waals surface area contributed by atoms with E-state index in [9.17, 15) is 9.59 Å². The molecular formula is C18H25ClN2O3. The number of carbonyl (C=O) groups is 2. The average molecular weight is 353 g/mol. The van der Waals surface area contributed by atoms with Crippen LogP contribution in [0.25, 0.3) is 0 Å². The SMILES string of the molecule is COc1ccccc1C(=O)NC1CCN(C(=O)C(C)(C)CCl)CC1. The van der Waals surface area contributed by atoms with Crippen molar-refractivity contribution in [3.63, 3.8) is 0 Å². The summed E-state index contributed by atoms with van der Waals surface area (Å²) in [6, 6.07) is 7.22. The van der Waals surface area contributed by atoms with Gasteiger partial charge in [-0.2, -0.15) is 0 Å². The quantitative estimate of drug-likeness (QED) is 0.829. The highest BCUT2D eigenvalue weighted by molar-refractivity contribution is 6.19. The van der Waals surface area contributed by atoms with Gasteiger partial charge in [-0.05, 0) is 38.8 Å². The zero-order valence-electron chi connectivity index (χ0n) is 14.5. The van der Waals surface area contributed by atoms with Crippen molar-refractivity contribution in [1.82, 2.24) is 10.2 Å². The average Bonchev–Trinajstić information content (AvgIpc) is 2.61. The summed E-state index contributed by atoms with van der Waals surface area (Å²) in [6.45, 7) is 4.99. The number of alkyl halides is 1. The van der Waals surface area contributed by atoms with E-state index in [1.165, 1.54) is 0 Å². The second-order valence-electron chi connectivity index (χ2n) is 6.76. The number of likely N-dealkylation sites (tertiary alicyclic amines) is 1. The summed E-state index contributed by atoms with van der Waals surface area (Å²) in [7, 11) is 1.55. The molecule has 0 bridgehead atoms. The Bertz CT molecular complexity index is 596. The monoisotopic (exact) mass is 352 g/mol. The first-order chi connectivity index (χ1) is 11.4. The standard InChI is InChI=1S/C18H25ClN2O3/c1-18(2,12-19)17(23)21-10-8-13(9-11-21)20-16(22)14-6-4-5-7-15(14)24-3/h4-7,13H,8-12H2,1-3H3,(H,20,22). The normalized spacial score (nSPS) is 15.9. The predicted molar refractivity (Wildman–Crippen MR) is 94.6 cm³/mol. The molecule has 1 fully saturated rings. The molecule has 24 heavy (non-hydrogen) atoms. The number of hydrogen-bond donors (Lipinski definition) is 1. The molecule has 0 unspecified atom stereocenters. The molecule has 0 spiro atoms. The second-order valence-corrected chi connectivity index (χ2v) is 7.02. The Morgan fingerprint density at radius 3 is 2.50 bits per heavy atom. The molecule has 0 aromatic heterocycles. The van der Waals surface area contributed by atoms with Gasteiger partial charge in [0.2, 0.25) is 5.91 Å². The molecule has 2 amide bonds. The van der Waals surface area contributed by atoms with Gasteiger partial charge >= 0.3 is 0 Å². The van der Waals surface area contributed by atoms with Crippen molar-refractivity contribution in [3.8, 4) is 5.75 Å². The van der Waals surface area contributed by atoms with Gasteiger partial charge in [0.25, 0.3) is 5.91 Å². The van der Waals surface area contributed by atoms with E-state index in [2.05, 4.69) is 5.32 Å². The summed E-state index contributed by atoms with van der Waals surface area (Å²) in [5.74, 6) is 0.799. The summed E-state index contributed by atoms with van der Waals surface area (Å²) in [5.41, 5.74) is -0.0172. The molecule has 1 N–H and O–H groups in total. The van der Waals surface area contributed by atoms with E-state index in [1.807, 2.05) is 30.9 Å². The van der Waals surface area contributed by atoms with Gasteiger partial charge in [-0.25, -0.2) is 0 Å². The van der Waals surface area contributed by atoms with Crippen LogP contribution in [0.5, 0.6) is 5.75 Å². The highest BCUT2D eigenvalue weighted by Crippen LogP contribution is 2.24. The first-order valence-corrected chi connectivity index (χ1v) is 8.71. The van der Waals surface area contributed by atoms with Crippen LogP contribution in [-0.4, -0.2) is 48.8 Å². The number of para-hydroxylation sites is 1. The number of hydrogen-bond acceptors (Lipinski definition) is 3. The first-order valence-electron chi connectivity index (χ1n) is 8.18. The molecule has 1 heterocycles. The zero-order chi connectivity index (χ0) is 17.7. The van der Waals surface area contributed by atoms with Crippen LogP contribution in [0.1, 0.15) is 37.0 Å². The van der Waals surface area contributed by atoms with Crippen molar-refractivity contribution >= 4 is 23.4 Å². The molecule has 0 radical (unpaired) electrons. The molecule has 1 aliphatic heterocycles. The zero-order valence-corrected chi connectivity index (χ0v) is 15.2. The predicted octanol–water partition coefficient (Wildman–Crippen LogP) is 2.68. The molecule has 0 atom stereocenters. The molecule has 6 heteroatoms. The highest BCUT2D eigenvalue weighted by atomic mass is 35.5. The van der Waals surface area contributed by atoms with Crippen LogP contribution < -0.4 is 10.1 Å². The van der Waals surface area contributed by atoms with Crippen LogP contribution in [0.2, 0.25) is 0 Å². The number of nitrogens with one attached hydrogen (secondary N) is 1. The maximum atomic E-state index is 12.4. The van der Waals surface area contributed by atoms with E-state index in [1.54, 1.807) is 19.2 Å². The minimum absolute atomic E-state index is 0.0607. The molecule has 1 aromatic carbocycles. The van der Waals surface area contributed by atoms with Crippen LogP contribution in [-0.2, 0) is 4.79 Å². The van der Waals surface area contributed by atoms with E-state index in [-0.39, 0.29) is 17.9 Å². The fourth-order valence-corrected chi connectivity index (χ4v) is 2.92. The lowest BCUT2D eigenvalue weighted by molar-refractivity contribution is -0.140. The number of amides is 2. The molecule has 1 aliphatic rings. The molecular weight excluding hydrogens is 328 g/mol. The summed E-state index contributed by atoms with van der Waals surface area (Å²) >= 11 is 5.88. The molecule has 5 nitrogen and oxygen atoms in total. The topological polar surface area (TPSA) is 58.6 Å². The van der Waals surface area contributed by atoms with Crippen molar-refractivity contribution in [2.45, 2.75) is 32.7 Å². The third-order valence-corrected chi connectivity index (χ3v) is 5.05. The van der Waals surface area contributed by atoms with Gasteiger partial charge in [-0.3, -0.25) is 9.59 Å². The van der Waals surface area contributed by atoms with Gasteiger partial charge in [0.1, 0.15) is 5.75 Å². The summed E-state index contributed by atoms with van der Waals surface area (Å²) in [6.07, 6.45) is 1.48. The smallest absolute Gasteiger partial charge is 0.255 e. The Morgan fingerprint density at radius 2 is 1.92 bits per heavy atom. The lowest BCUT2D eigenvalue weighted by Crippen LogP contribution is -2.50. The molecule has 2 rings (SSSR count). The van der Waals surface area contributed by atoms with E-state index in [0.717, 1.165) is 12.8 Å². The number of nitrogens with zero attached hydrogens (tertiary/aromatic N) is 1. The van der Waals surface area contributed by atoms with Crippen molar-refractivity contribution < 1.29 is 14.3 Å². The van der Waals surface area contributed by atoms with Gasteiger partial charge in [-0.15, -0.1) is 11.6 Å². The maximum absolute atomic E-state index is 12.4. The van der Waals surface area contributed by atoms with Crippen molar-refractivity contribution in [1.29, 1.82) is 0 Å². The minimum atomic E-state index is -0.547. The Balaban J connectivity index is 1.91. The third kappa shape index (κ3) is 4.20. The van der Waals surface area contributed by atoms with Crippen LogP contribution in [0, 0.1) is 5.41 Å². The van der Waals surface area contributed by atoms with E-state index < -0.39 is 5.41 Å². The van der Waals surface area contributed by atoms with Crippen LogP contribution in [0.3, 0.4) is 0 Å². The highest BCUT2D eigenvalue weighted by Gasteiger charge is 2.33. The van der Waals surface area contributed by atoms with Gasteiger partial charge in [0, 0.05) is 25.0 Å². The second kappa shape index (κ2) is 7.88. The number of carbonyl (C=O) groups excluding carboxylic acids is 2. The number of benzene rings is 1. The van der Waals surface area contributed by atoms with Crippen LogP contribution in [0.4, 0.5) is 0 Å². The number of piperidine rings is 1. The first kappa shape index (κ1) is 18.6. The molecule has 1 saturated heterocycles. The molecule has 132 valence electrons. The number of halogens is 1. The molecule has 1 aromatic rings. The fourth-order valence-electron chi connectivity index (χ4n) is 2.81. The summed E-state index contributed by atoms with van der Waals surface area (Å²) < 4.78 is 5.23. The van der Waals surface area contributed by atoms with Crippen molar-refractivity contribution in [2.24, 2.45) is 5.41 Å². The summed E-state index contributed by atoms with van der Waals surface area (Å²) in [4.78, 5) is 26.7. The van der Waals surface area contributed by atoms with Crippen molar-refractivity contribution in [3.05, 3.63) is 29.8 Å². The Hall–Kier alpha value is -1.75. The lowest BCUT2D eigenvalue weighted by Gasteiger charge is -2.36. The lowest BCUT2D eigenvalue weighted by atomic mass is 9.92. The van der Waals surface area contributed by atoms with E-state index in [0.29, 0.717) is 30.3 Å². The van der Waals surface area contributed by atoms with Crippen molar-refractivity contribution in [2.75, 3.05) is 26.1 Å². The third-order valence-electron chi connectivity index (χ3n) is 4.38. The van der Waals surface area contributed by atoms with Crippen LogP contribution in [0.15, 0.2) is 24.3 Å². The summed E-state index contributed by atoms with van der Waals surface area (Å²) in [5, 5.41) is 3.04. The van der Waals surface area contributed by atoms with Gasteiger partial charge in [0.15, 0.2) is 0 Å². The Labute approximate surface area is 148 Å². The van der Waals surface area contributed by atoms with Crippen LogP contribution >= 0.6 is 11.6 Å². The van der Waals surface area contributed by atoms with E-state index >= 15 is 0 Å². The minimum Gasteiger partial charge on any atom is -0.496 e. The van der Waals surface area contributed by atoms with E-state index in [4.69, 9.17) is 16.3 Å². The van der Waals surface area contributed by atoms with Gasteiger partial charge < -0.3 is 15.0 Å². The number of methoxy groups -OCH3 is 1. The Morgan fingerprint density at radius 1 is 1.29 bits per heavy atom. The number of ether oxygens (including phenoxy) is 1. The molecule has 0 saturated carbocycles.